The van der Waals surface area contributed by atoms with Crippen molar-refractivity contribution in [2.45, 2.75) is 32.3 Å². The van der Waals surface area contributed by atoms with Crippen molar-refractivity contribution in [3.63, 3.8) is 0 Å². The second kappa shape index (κ2) is 9.12. The van der Waals surface area contributed by atoms with Crippen LogP contribution in [0.1, 0.15) is 29.7 Å². The van der Waals surface area contributed by atoms with Crippen molar-refractivity contribution >= 4 is 5.96 Å². The molecule has 2 aromatic carbocycles. The predicted octanol–water partition coefficient (Wildman–Crippen LogP) is 2.99. The van der Waals surface area contributed by atoms with E-state index < -0.39 is 5.82 Å². The summed E-state index contributed by atoms with van der Waals surface area (Å²) in [5.41, 5.74) is 2.04. The molecule has 1 heterocycles. The summed E-state index contributed by atoms with van der Waals surface area (Å²) in [5, 5.41) is 12.5. The fraction of sp³-hybridized carbons (Fsp3) is 0.381. The number of hydrogen-bond acceptors (Lipinski definition) is 3. The Kier molecular flexibility index (Phi) is 6.59. The van der Waals surface area contributed by atoms with Crippen LogP contribution in [0.15, 0.2) is 47.5 Å². The molecule has 3 rings (SSSR count). The Labute approximate surface area is 163 Å². The molecule has 1 fully saturated rings. The van der Waals surface area contributed by atoms with Crippen LogP contribution in [0.2, 0.25) is 0 Å². The molecule has 1 aliphatic rings. The molecule has 2 atom stereocenters. The quantitative estimate of drug-likeness (QED) is 0.624. The van der Waals surface area contributed by atoms with E-state index in [9.17, 15) is 13.9 Å². The number of aliphatic imine (C=N–C) groups is 1. The van der Waals surface area contributed by atoms with Crippen molar-refractivity contribution in [3.8, 4) is 0 Å². The molecule has 1 aliphatic heterocycles. The highest BCUT2D eigenvalue weighted by molar-refractivity contribution is 5.80. The highest BCUT2D eigenvalue weighted by Gasteiger charge is 2.28. The first kappa shape index (κ1) is 20.2. The molecule has 0 aliphatic carbocycles. The first-order valence-corrected chi connectivity index (χ1v) is 9.25. The van der Waals surface area contributed by atoms with E-state index in [-0.39, 0.29) is 30.2 Å². The zero-order chi connectivity index (χ0) is 20.1. The van der Waals surface area contributed by atoms with Crippen LogP contribution in [-0.4, -0.2) is 42.2 Å². The zero-order valence-electron chi connectivity index (χ0n) is 16.0. The van der Waals surface area contributed by atoms with Crippen LogP contribution < -0.4 is 5.32 Å². The van der Waals surface area contributed by atoms with Gasteiger partial charge in [-0.15, -0.1) is 0 Å². The molecule has 1 saturated heterocycles. The molecule has 0 bridgehead atoms. The molecule has 0 radical (unpaired) electrons. The third-order valence-electron chi connectivity index (χ3n) is 4.74. The summed E-state index contributed by atoms with van der Waals surface area (Å²) < 4.78 is 32.8. The van der Waals surface area contributed by atoms with Crippen molar-refractivity contribution < 1.29 is 18.6 Å². The fourth-order valence-corrected chi connectivity index (χ4v) is 3.36. The topological polar surface area (TPSA) is 57.1 Å². The Balaban J connectivity index is 1.68. The predicted molar refractivity (Wildman–Crippen MR) is 104 cm³/mol. The number of aliphatic hydroxyl groups is 1. The van der Waals surface area contributed by atoms with E-state index in [0.29, 0.717) is 25.6 Å². The standard InChI is InChI=1S/C21H25F2N3O2/c1-14-11-26(12-20(28-14)16-4-6-18(22)7-5-16)21(24-2)25-10-15-3-8-19(23)17(9-15)13-27/h3-9,14,20,27H,10-13H2,1-2H3,(H,24,25). The number of aliphatic hydroxyl groups excluding tert-OH is 1. The van der Waals surface area contributed by atoms with Crippen LogP contribution in [0, 0.1) is 11.6 Å². The SMILES string of the molecule is CN=C(NCc1ccc(F)c(CO)c1)N1CC(C)OC(c2ccc(F)cc2)C1. The Morgan fingerprint density at radius 1 is 1.21 bits per heavy atom. The lowest BCUT2D eigenvalue weighted by molar-refractivity contribution is -0.0605. The van der Waals surface area contributed by atoms with Gasteiger partial charge in [-0.05, 0) is 42.3 Å². The van der Waals surface area contributed by atoms with E-state index >= 15 is 0 Å². The van der Waals surface area contributed by atoms with E-state index in [1.807, 2.05) is 6.92 Å². The maximum Gasteiger partial charge on any atom is 0.194 e. The molecular formula is C21H25F2N3O2. The molecule has 0 spiro atoms. The van der Waals surface area contributed by atoms with Crippen molar-refractivity contribution in [2.75, 3.05) is 20.1 Å². The minimum atomic E-state index is -0.417. The summed E-state index contributed by atoms with van der Waals surface area (Å²) in [6.07, 6.45) is -0.205. The molecule has 0 saturated carbocycles. The highest BCUT2D eigenvalue weighted by atomic mass is 19.1. The average Bonchev–Trinajstić information content (AvgIpc) is 2.69. The number of hydrogen-bond donors (Lipinski definition) is 2. The Morgan fingerprint density at radius 2 is 1.96 bits per heavy atom. The first-order chi connectivity index (χ1) is 13.5. The normalized spacial score (nSPS) is 20.3. The molecule has 28 heavy (non-hydrogen) atoms. The van der Waals surface area contributed by atoms with Crippen LogP contribution in [-0.2, 0) is 17.9 Å². The van der Waals surface area contributed by atoms with Crippen LogP contribution >= 0.6 is 0 Å². The summed E-state index contributed by atoms with van der Waals surface area (Å²) in [6, 6.07) is 11.0. The molecule has 0 amide bonds. The molecule has 0 aromatic heterocycles. The van der Waals surface area contributed by atoms with E-state index in [0.717, 1.165) is 11.1 Å². The van der Waals surface area contributed by atoms with Gasteiger partial charge in [-0.3, -0.25) is 4.99 Å². The number of benzene rings is 2. The second-order valence-electron chi connectivity index (χ2n) is 6.88. The number of rotatable bonds is 4. The van der Waals surface area contributed by atoms with Gasteiger partial charge in [0.1, 0.15) is 17.7 Å². The molecule has 2 aromatic rings. The lowest BCUT2D eigenvalue weighted by Crippen LogP contribution is -2.50. The Morgan fingerprint density at radius 3 is 2.64 bits per heavy atom. The number of ether oxygens (including phenoxy) is 1. The van der Waals surface area contributed by atoms with Gasteiger partial charge in [-0.2, -0.15) is 0 Å². The molecular weight excluding hydrogens is 364 g/mol. The van der Waals surface area contributed by atoms with Gasteiger partial charge >= 0.3 is 0 Å². The average molecular weight is 389 g/mol. The van der Waals surface area contributed by atoms with Crippen LogP contribution in [0.5, 0.6) is 0 Å². The van der Waals surface area contributed by atoms with Gasteiger partial charge in [-0.25, -0.2) is 8.78 Å². The van der Waals surface area contributed by atoms with Gasteiger partial charge in [0.25, 0.3) is 0 Å². The highest BCUT2D eigenvalue weighted by Crippen LogP contribution is 2.25. The van der Waals surface area contributed by atoms with Crippen LogP contribution in [0.25, 0.3) is 0 Å². The van der Waals surface area contributed by atoms with E-state index in [4.69, 9.17) is 4.74 Å². The fourth-order valence-electron chi connectivity index (χ4n) is 3.36. The van der Waals surface area contributed by atoms with Crippen LogP contribution in [0.4, 0.5) is 8.78 Å². The third kappa shape index (κ3) is 4.85. The monoisotopic (exact) mass is 389 g/mol. The second-order valence-corrected chi connectivity index (χ2v) is 6.88. The van der Waals surface area contributed by atoms with E-state index in [2.05, 4.69) is 15.2 Å². The Hall–Kier alpha value is -2.51. The van der Waals surface area contributed by atoms with Crippen molar-refractivity contribution in [1.29, 1.82) is 0 Å². The minimum Gasteiger partial charge on any atom is -0.392 e. The summed E-state index contributed by atoms with van der Waals surface area (Å²) in [4.78, 5) is 6.45. The molecule has 2 unspecified atom stereocenters. The maximum absolute atomic E-state index is 13.5. The molecule has 7 heteroatoms. The number of nitrogens with one attached hydrogen (secondary N) is 1. The number of nitrogens with zero attached hydrogens (tertiary/aromatic N) is 2. The van der Waals surface area contributed by atoms with E-state index in [1.54, 1.807) is 31.3 Å². The lowest BCUT2D eigenvalue weighted by atomic mass is 10.1. The molecule has 2 N–H and O–H groups in total. The summed E-state index contributed by atoms with van der Waals surface area (Å²) in [5.74, 6) is 0.0143. The minimum absolute atomic E-state index is 0.0193. The third-order valence-corrected chi connectivity index (χ3v) is 4.74. The zero-order valence-corrected chi connectivity index (χ0v) is 16.0. The van der Waals surface area contributed by atoms with Crippen LogP contribution in [0.3, 0.4) is 0 Å². The number of halogens is 2. The van der Waals surface area contributed by atoms with Gasteiger partial charge in [-0.1, -0.05) is 18.2 Å². The summed E-state index contributed by atoms with van der Waals surface area (Å²) in [7, 11) is 1.71. The maximum atomic E-state index is 13.5. The molecule has 150 valence electrons. The smallest absolute Gasteiger partial charge is 0.194 e. The van der Waals surface area contributed by atoms with Gasteiger partial charge < -0.3 is 20.1 Å². The van der Waals surface area contributed by atoms with Crippen molar-refractivity contribution in [3.05, 3.63) is 70.8 Å². The van der Waals surface area contributed by atoms with Gasteiger partial charge in [0, 0.05) is 25.7 Å². The number of morpholine rings is 1. The van der Waals surface area contributed by atoms with Crippen molar-refractivity contribution in [2.24, 2.45) is 4.99 Å². The molecule has 5 nitrogen and oxygen atoms in total. The summed E-state index contributed by atoms with van der Waals surface area (Å²) in [6.45, 7) is 3.36. The van der Waals surface area contributed by atoms with Gasteiger partial charge in [0.05, 0.1) is 19.3 Å². The lowest BCUT2D eigenvalue weighted by Gasteiger charge is -2.38. The van der Waals surface area contributed by atoms with E-state index in [1.165, 1.54) is 18.2 Å². The van der Waals surface area contributed by atoms with Gasteiger partial charge in [0.15, 0.2) is 5.96 Å². The Bertz CT molecular complexity index is 827. The summed E-state index contributed by atoms with van der Waals surface area (Å²) >= 11 is 0. The first-order valence-electron chi connectivity index (χ1n) is 9.25. The number of guanidine groups is 1. The van der Waals surface area contributed by atoms with Gasteiger partial charge in [0.2, 0.25) is 0 Å². The largest absolute Gasteiger partial charge is 0.392 e. The van der Waals surface area contributed by atoms with Crippen molar-refractivity contribution in [1.82, 2.24) is 10.2 Å².